The number of alkyl halides is 3. The number of benzene rings is 1. The summed E-state index contributed by atoms with van der Waals surface area (Å²) in [5, 5.41) is 17.6. The summed E-state index contributed by atoms with van der Waals surface area (Å²) in [7, 11) is 0. The molecule has 2 aromatic heterocycles. The predicted molar refractivity (Wildman–Crippen MR) is 116 cm³/mol. The third kappa shape index (κ3) is 5.37. The van der Waals surface area contributed by atoms with Crippen LogP contribution in [0.15, 0.2) is 48.8 Å². The van der Waals surface area contributed by atoms with Crippen molar-refractivity contribution in [1.82, 2.24) is 19.9 Å². The van der Waals surface area contributed by atoms with Gasteiger partial charge in [0.1, 0.15) is 11.3 Å². The number of aromatic nitrogens is 3. The van der Waals surface area contributed by atoms with Crippen molar-refractivity contribution in [2.24, 2.45) is 0 Å². The molecule has 1 aromatic carbocycles. The molecule has 3 heterocycles. The Balaban J connectivity index is 1.60. The van der Waals surface area contributed by atoms with E-state index >= 15 is 0 Å². The molecule has 0 radical (unpaired) electrons. The number of rotatable bonds is 6. The number of carbonyl (C=O) groups is 1. The second-order valence-corrected chi connectivity index (χ2v) is 8.37. The van der Waals surface area contributed by atoms with Gasteiger partial charge in [0.2, 0.25) is 0 Å². The second kappa shape index (κ2) is 9.07. The van der Waals surface area contributed by atoms with Crippen molar-refractivity contribution in [2.45, 2.75) is 38.3 Å². The Kier molecular flexibility index (Phi) is 6.32. The fourth-order valence-electron chi connectivity index (χ4n) is 3.71. The van der Waals surface area contributed by atoms with E-state index in [0.29, 0.717) is 36.5 Å². The summed E-state index contributed by atoms with van der Waals surface area (Å²) < 4.78 is 48.0. The van der Waals surface area contributed by atoms with E-state index in [1.54, 1.807) is 6.20 Å². The van der Waals surface area contributed by atoms with E-state index in [4.69, 9.17) is 4.74 Å². The fourth-order valence-corrected chi connectivity index (χ4v) is 3.71. The van der Waals surface area contributed by atoms with Gasteiger partial charge in [0.05, 0.1) is 36.7 Å². The van der Waals surface area contributed by atoms with E-state index in [-0.39, 0.29) is 5.56 Å². The highest BCUT2D eigenvalue weighted by atomic mass is 19.4. The maximum atomic E-state index is 13.2. The van der Waals surface area contributed by atoms with Crippen LogP contribution in [-0.2, 0) is 4.74 Å². The number of halogens is 3. The number of carbonyl (C=O) groups excluding carboxylic acids is 1. The Morgan fingerprint density at radius 2 is 1.97 bits per heavy atom. The second-order valence-electron chi connectivity index (χ2n) is 8.37. The zero-order valence-electron chi connectivity index (χ0n) is 18.5. The van der Waals surface area contributed by atoms with E-state index in [1.807, 2.05) is 12.1 Å². The number of amides is 1. The molecule has 0 spiro atoms. The third-order valence-corrected chi connectivity index (χ3v) is 5.33. The smallest absolute Gasteiger partial charge is 0.406 e. The molecule has 2 N–H and O–H groups in total. The van der Waals surface area contributed by atoms with Crippen molar-refractivity contribution < 1.29 is 32.5 Å². The van der Waals surface area contributed by atoms with Gasteiger partial charge in [0, 0.05) is 6.20 Å². The zero-order valence-corrected chi connectivity index (χ0v) is 18.5. The van der Waals surface area contributed by atoms with Crippen LogP contribution in [0.2, 0.25) is 0 Å². The average molecular weight is 476 g/mol. The first-order chi connectivity index (χ1) is 16.0. The molecule has 0 saturated carbocycles. The van der Waals surface area contributed by atoms with Gasteiger partial charge in [-0.3, -0.25) is 4.79 Å². The lowest BCUT2D eigenvalue weighted by molar-refractivity contribution is -0.274. The van der Waals surface area contributed by atoms with Crippen LogP contribution in [0.5, 0.6) is 5.75 Å². The molecule has 11 heteroatoms. The number of hydrogen-bond acceptors (Lipinski definition) is 6. The zero-order chi connectivity index (χ0) is 24.5. The minimum atomic E-state index is -4.82. The Bertz CT molecular complexity index is 1210. The molecule has 3 aromatic rings. The van der Waals surface area contributed by atoms with Crippen LogP contribution >= 0.6 is 0 Å². The summed E-state index contributed by atoms with van der Waals surface area (Å²) in [4.78, 5) is 17.8. The summed E-state index contributed by atoms with van der Waals surface area (Å²) in [5.41, 5.74) is 1.22. The van der Waals surface area contributed by atoms with Crippen LogP contribution in [0.25, 0.3) is 11.2 Å². The number of nitrogens with one attached hydrogen (secondary N) is 1. The minimum Gasteiger partial charge on any atom is -0.406 e. The Morgan fingerprint density at radius 1 is 1.24 bits per heavy atom. The van der Waals surface area contributed by atoms with Crippen molar-refractivity contribution >= 4 is 17.1 Å². The van der Waals surface area contributed by atoms with Gasteiger partial charge in [-0.2, -0.15) is 5.10 Å². The van der Waals surface area contributed by atoms with Crippen LogP contribution in [0.4, 0.5) is 13.2 Å². The van der Waals surface area contributed by atoms with Gasteiger partial charge in [-0.1, -0.05) is 18.2 Å². The fraction of sp³-hybridized carbons (Fsp3) is 0.348. The topological polar surface area (TPSA) is 98.0 Å². The molecule has 180 valence electrons. The van der Waals surface area contributed by atoms with Gasteiger partial charge in [0.25, 0.3) is 5.91 Å². The molecule has 4 rings (SSSR count). The summed E-state index contributed by atoms with van der Waals surface area (Å²) >= 11 is 0. The lowest BCUT2D eigenvalue weighted by Crippen LogP contribution is -2.42. The first-order valence-corrected chi connectivity index (χ1v) is 10.5. The molecular formula is C23H23F3N4O4. The van der Waals surface area contributed by atoms with Crippen molar-refractivity contribution in [3.8, 4) is 5.75 Å². The monoisotopic (exact) mass is 476 g/mol. The van der Waals surface area contributed by atoms with Crippen LogP contribution in [0.3, 0.4) is 0 Å². The minimum absolute atomic E-state index is 0.195. The van der Waals surface area contributed by atoms with Gasteiger partial charge in [0.15, 0.2) is 5.65 Å². The maximum Gasteiger partial charge on any atom is 0.573 e. The van der Waals surface area contributed by atoms with Gasteiger partial charge >= 0.3 is 6.36 Å². The number of hydrogen-bond donors (Lipinski definition) is 2. The van der Waals surface area contributed by atoms with E-state index in [9.17, 15) is 23.1 Å². The number of fused-ring (bicyclic) bond motifs is 1. The largest absolute Gasteiger partial charge is 0.573 e. The lowest BCUT2D eigenvalue weighted by Gasteiger charge is -2.30. The van der Waals surface area contributed by atoms with Gasteiger partial charge in [-0.05, 0) is 49.6 Å². The van der Waals surface area contributed by atoms with E-state index in [1.165, 1.54) is 36.7 Å². The molecule has 0 unspecified atom stereocenters. The molecule has 0 fully saturated rings. The van der Waals surface area contributed by atoms with E-state index < -0.39 is 29.7 Å². The van der Waals surface area contributed by atoms with Crippen molar-refractivity contribution in [1.29, 1.82) is 0 Å². The molecule has 0 aliphatic carbocycles. The highest BCUT2D eigenvalue weighted by Gasteiger charge is 2.33. The SMILES string of the molecule is CC(C)(O)[C@@H](NC(=O)c1cnn2ccc(C3=CCOCC3)nc12)c1ccc(OC(F)(F)F)cc1. The lowest BCUT2D eigenvalue weighted by atomic mass is 9.91. The first kappa shape index (κ1) is 23.7. The maximum absolute atomic E-state index is 13.2. The Hall–Kier alpha value is -3.44. The number of nitrogens with zero attached hydrogens (tertiary/aromatic N) is 3. The summed E-state index contributed by atoms with van der Waals surface area (Å²) in [6.45, 7) is 4.06. The highest BCUT2D eigenvalue weighted by molar-refractivity contribution is 6.00. The summed E-state index contributed by atoms with van der Waals surface area (Å²) in [5.74, 6) is -0.942. The number of ether oxygens (including phenoxy) is 2. The average Bonchev–Trinajstić information content (AvgIpc) is 3.20. The Labute approximate surface area is 193 Å². The van der Waals surface area contributed by atoms with E-state index in [0.717, 1.165) is 17.7 Å². The van der Waals surface area contributed by atoms with E-state index in [2.05, 4.69) is 20.1 Å². The molecule has 34 heavy (non-hydrogen) atoms. The first-order valence-electron chi connectivity index (χ1n) is 10.5. The van der Waals surface area contributed by atoms with Gasteiger partial charge in [-0.15, -0.1) is 13.2 Å². The molecule has 1 aliphatic rings. The van der Waals surface area contributed by atoms with Crippen molar-refractivity contribution in [2.75, 3.05) is 13.2 Å². The van der Waals surface area contributed by atoms with Gasteiger partial charge < -0.3 is 19.9 Å². The molecule has 1 aliphatic heterocycles. The van der Waals surface area contributed by atoms with Crippen LogP contribution in [-0.4, -0.2) is 50.8 Å². The molecule has 0 bridgehead atoms. The number of aliphatic hydroxyl groups is 1. The normalized spacial score (nSPS) is 15.6. The van der Waals surface area contributed by atoms with Crippen LogP contribution in [0, 0.1) is 0 Å². The van der Waals surface area contributed by atoms with Crippen LogP contribution < -0.4 is 10.1 Å². The molecule has 1 amide bonds. The summed E-state index contributed by atoms with van der Waals surface area (Å²) in [6.07, 6.45) is 0.906. The molecule has 8 nitrogen and oxygen atoms in total. The predicted octanol–water partition coefficient (Wildman–Crippen LogP) is 3.67. The van der Waals surface area contributed by atoms with Gasteiger partial charge in [-0.25, -0.2) is 9.50 Å². The van der Waals surface area contributed by atoms with Crippen molar-refractivity contribution in [3.05, 3.63) is 65.6 Å². The Morgan fingerprint density at radius 3 is 2.59 bits per heavy atom. The molecule has 0 saturated heterocycles. The third-order valence-electron chi connectivity index (χ3n) is 5.33. The highest BCUT2D eigenvalue weighted by Crippen LogP contribution is 2.30. The quantitative estimate of drug-likeness (QED) is 0.564. The molecular weight excluding hydrogens is 453 g/mol. The summed E-state index contributed by atoms with van der Waals surface area (Å²) in [6, 6.07) is 5.83. The standard InChI is InChI=1S/C23H23F3N4O4/c1-22(2,32)19(15-3-5-16(6-4-15)34-23(24,25)26)29-21(31)17-13-27-30-10-7-18(28-20(17)30)14-8-11-33-12-9-14/h3-8,10,13,19,32H,9,11-12H2,1-2H3,(H,29,31)/t19-/m0/s1. The molecule has 1 atom stereocenters. The van der Waals surface area contributed by atoms with Crippen LogP contribution in [0.1, 0.15) is 47.9 Å². The van der Waals surface area contributed by atoms with Crippen molar-refractivity contribution in [3.63, 3.8) is 0 Å².